The maximum atomic E-state index is 13.3. The summed E-state index contributed by atoms with van der Waals surface area (Å²) in [4.78, 5) is 42.0. The van der Waals surface area contributed by atoms with Crippen LogP contribution in [0.1, 0.15) is 33.1 Å². The number of benzene rings is 3. The van der Waals surface area contributed by atoms with Crippen molar-refractivity contribution in [3.05, 3.63) is 105 Å². The highest BCUT2D eigenvalue weighted by molar-refractivity contribution is 5.94. The molecule has 0 fully saturated rings. The van der Waals surface area contributed by atoms with E-state index in [1.165, 1.54) is 7.11 Å². The molecule has 5 aromatic rings. The van der Waals surface area contributed by atoms with Gasteiger partial charge in [0.2, 0.25) is 11.7 Å². The van der Waals surface area contributed by atoms with Gasteiger partial charge in [0.15, 0.2) is 11.3 Å². The van der Waals surface area contributed by atoms with Crippen LogP contribution in [0.3, 0.4) is 0 Å². The van der Waals surface area contributed by atoms with Crippen molar-refractivity contribution in [2.24, 2.45) is 0 Å². The number of anilines is 1. The fourth-order valence-electron chi connectivity index (χ4n) is 5.12. The van der Waals surface area contributed by atoms with E-state index in [0.717, 1.165) is 16.7 Å². The van der Waals surface area contributed by atoms with Crippen molar-refractivity contribution >= 4 is 23.0 Å². The average Bonchev–Trinajstić information content (AvgIpc) is 3.40. The van der Waals surface area contributed by atoms with E-state index in [0.29, 0.717) is 35.6 Å². The maximum absolute atomic E-state index is 13.3. The first-order valence-electron chi connectivity index (χ1n) is 12.6. The second kappa shape index (κ2) is 9.75. The minimum Gasteiger partial charge on any atom is -0.489 e. The molecule has 39 heavy (non-hydrogen) atoms. The Hall–Kier alpha value is -4.92. The molecule has 1 amide bonds. The van der Waals surface area contributed by atoms with E-state index < -0.39 is 5.56 Å². The summed E-state index contributed by atoms with van der Waals surface area (Å²) >= 11 is 0. The summed E-state index contributed by atoms with van der Waals surface area (Å²) < 4.78 is 11.4. The summed E-state index contributed by atoms with van der Waals surface area (Å²) in [5.74, 6) is 0.517. The normalized spacial score (nSPS) is 14.7. The van der Waals surface area contributed by atoms with Gasteiger partial charge < -0.3 is 19.0 Å². The SMILES string of the molecule is COc1c(-c2nc3ccccc3o2)nc(N2CCc3ccc(C(=O)N(C)C)cc3[C@H]2c2ccccc2)[nH]c1=O. The number of rotatable bonds is 5. The molecule has 0 saturated heterocycles. The molecule has 0 bridgehead atoms. The monoisotopic (exact) mass is 521 g/mol. The van der Waals surface area contributed by atoms with Crippen LogP contribution in [0.2, 0.25) is 0 Å². The van der Waals surface area contributed by atoms with Crippen LogP contribution >= 0.6 is 0 Å². The quantitative estimate of drug-likeness (QED) is 0.365. The minimum atomic E-state index is -0.436. The van der Waals surface area contributed by atoms with Crippen LogP contribution in [0.4, 0.5) is 5.95 Å². The van der Waals surface area contributed by atoms with Gasteiger partial charge in [-0.1, -0.05) is 48.5 Å². The summed E-state index contributed by atoms with van der Waals surface area (Å²) in [6.45, 7) is 0.593. The van der Waals surface area contributed by atoms with E-state index in [1.807, 2.05) is 72.8 Å². The highest BCUT2D eigenvalue weighted by atomic mass is 16.5. The third-order valence-corrected chi connectivity index (χ3v) is 6.98. The Morgan fingerprint density at radius 1 is 1.05 bits per heavy atom. The van der Waals surface area contributed by atoms with Gasteiger partial charge in [-0.15, -0.1) is 0 Å². The molecule has 196 valence electrons. The van der Waals surface area contributed by atoms with Crippen LogP contribution in [0.5, 0.6) is 5.75 Å². The lowest BCUT2D eigenvalue weighted by Crippen LogP contribution is -2.38. The Kier molecular flexibility index (Phi) is 6.11. The van der Waals surface area contributed by atoms with Gasteiger partial charge in [-0.3, -0.25) is 14.6 Å². The molecule has 0 radical (unpaired) electrons. The van der Waals surface area contributed by atoms with Crippen LogP contribution in [-0.2, 0) is 6.42 Å². The molecule has 1 aliphatic rings. The summed E-state index contributed by atoms with van der Waals surface area (Å²) in [5, 5.41) is 0. The van der Waals surface area contributed by atoms with Crippen molar-refractivity contribution in [2.75, 3.05) is 32.6 Å². The molecule has 3 heterocycles. The van der Waals surface area contributed by atoms with Gasteiger partial charge in [-0.25, -0.2) is 9.97 Å². The number of fused-ring (bicyclic) bond motifs is 2. The van der Waals surface area contributed by atoms with Crippen LogP contribution in [-0.4, -0.2) is 53.5 Å². The predicted molar refractivity (Wildman–Crippen MR) is 148 cm³/mol. The van der Waals surface area contributed by atoms with Crippen LogP contribution in [0, 0.1) is 0 Å². The lowest BCUT2D eigenvalue weighted by Gasteiger charge is -2.38. The standard InChI is InChI=1S/C30H27N5O4/c1-34(2)29(37)20-14-13-18-15-16-35(25(21(18)17-20)19-9-5-4-6-10-19)30-32-24(26(38-3)27(36)33-30)28-31-22-11-7-8-12-23(22)39-28/h4-14,17,25H,15-16H2,1-3H3,(H,32,33,36)/t25-/m1/s1. The van der Waals surface area contributed by atoms with Gasteiger partial charge in [0, 0.05) is 26.2 Å². The molecule has 1 N–H and O–H groups in total. The molecular formula is C30H27N5O4. The van der Waals surface area contributed by atoms with Crippen LogP contribution in [0.25, 0.3) is 22.7 Å². The molecule has 3 aromatic carbocycles. The summed E-state index contributed by atoms with van der Waals surface area (Å²) in [7, 11) is 4.90. The lowest BCUT2D eigenvalue weighted by molar-refractivity contribution is 0.0827. The van der Waals surface area contributed by atoms with Crippen molar-refractivity contribution in [1.82, 2.24) is 19.9 Å². The molecular weight excluding hydrogens is 494 g/mol. The first-order chi connectivity index (χ1) is 18.9. The number of nitrogens with one attached hydrogen (secondary N) is 1. The minimum absolute atomic E-state index is 0.0258. The largest absolute Gasteiger partial charge is 0.489 e. The van der Waals surface area contributed by atoms with Crippen LogP contribution < -0.4 is 15.2 Å². The van der Waals surface area contributed by atoms with Crippen molar-refractivity contribution in [1.29, 1.82) is 0 Å². The molecule has 9 heteroatoms. The molecule has 9 nitrogen and oxygen atoms in total. The highest BCUT2D eigenvalue weighted by Crippen LogP contribution is 2.39. The molecule has 2 aromatic heterocycles. The topological polar surface area (TPSA) is 105 Å². The number of hydrogen-bond donors (Lipinski definition) is 1. The van der Waals surface area contributed by atoms with E-state index in [-0.39, 0.29) is 29.3 Å². The second-order valence-corrected chi connectivity index (χ2v) is 9.63. The number of ether oxygens (including phenoxy) is 1. The maximum Gasteiger partial charge on any atom is 0.295 e. The number of H-pyrrole nitrogens is 1. The number of aromatic amines is 1. The van der Waals surface area contributed by atoms with Gasteiger partial charge in [0.1, 0.15) is 5.52 Å². The number of carbonyl (C=O) groups excluding carboxylic acids is 1. The number of oxazole rings is 1. The molecule has 0 spiro atoms. The Morgan fingerprint density at radius 2 is 1.82 bits per heavy atom. The number of para-hydroxylation sites is 2. The number of aromatic nitrogens is 3. The second-order valence-electron chi connectivity index (χ2n) is 9.63. The number of carbonyl (C=O) groups is 1. The number of nitrogens with zero attached hydrogens (tertiary/aromatic N) is 4. The predicted octanol–water partition coefficient (Wildman–Crippen LogP) is 4.44. The Bertz CT molecular complexity index is 1710. The van der Waals surface area contributed by atoms with E-state index in [2.05, 4.69) is 14.9 Å². The lowest BCUT2D eigenvalue weighted by atomic mass is 9.87. The fraction of sp³-hybridized carbons (Fsp3) is 0.200. The van der Waals surface area contributed by atoms with E-state index in [1.54, 1.807) is 19.0 Å². The molecule has 1 atom stereocenters. The molecule has 6 rings (SSSR count). The third-order valence-electron chi connectivity index (χ3n) is 6.98. The third kappa shape index (κ3) is 4.31. The molecule has 1 aliphatic heterocycles. The number of methoxy groups -OCH3 is 1. The number of hydrogen-bond acceptors (Lipinski definition) is 7. The smallest absolute Gasteiger partial charge is 0.295 e. The zero-order valence-electron chi connectivity index (χ0n) is 21.8. The summed E-state index contributed by atoms with van der Waals surface area (Å²) in [6, 6.07) is 22.9. The van der Waals surface area contributed by atoms with Crippen molar-refractivity contribution < 1.29 is 13.9 Å². The summed E-state index contributed by atoms with van der Waals surface area (Å²) in [6.07, 6.45) is 0.711. The van der Waals surface area contributed by atoms with Gasteiger partial charge in [0.05, 0.1) is 13.2 Å². The first-order valence-corrected chi connectivity index (χ1v) is 12.6. The average molecular weight is 522 g/mol. The van der Waals surface area contributed by atoms with Crippen LogP contribution in [0.15, 0.2) is 82.0 Å². The van der Waals surface area contributed by atoms with Gasteiger partial charge >= 0.3 is 0 Å². The van der Waals surface area contributed by atoms with E-state index in [4.69, 9.17) is 14.1 Å². The molecule has 0 unspecified atom stereocenters. The zero-order valence-corrected chi connectivity index (χ0v) is 21.8. The van der Waals surface area contributed by atoms with Crippen molar-refractivity contribution in [3.63, 3.8) is 0 Å². The Balaban J connectivity index is 1.52. The van der Waals surface area contributed by atoms with Crippen molar-refractivity contribution in [2.45, 2.75) is 12.5 Å². The van der Waals surface area contributed by atoms with Crippen molar-refractivity contribution in [3.8, 4) is 17.3 Å². The van der Waals surface area contributed by atoms with E-state index >= 15 is 0 Å². The first kappa shape index (κ1) is 24.4. The zero-order chi connectivity index (χ0) is 27.1. The molecule has 0 saturated carbocycles. The summed E-state index contributed by atoms with van der Waals surface area (Å²) in [5.41, 5.74) is 4.78. The Labute approximate surface area is 224 Å². The van der Waals surface area contributed by atoms with Gasteiger partial charge in [-0.2, -0.15) is 0 Å². The Morgan fingerprint density at radius 3 is 2.56 bits per heavy atom. The highest BCUT2D eigenvalue weighted by Gasteiger charge is 2.32. The van der Waals surface area contributed by atoms with E-state index in [9.17, 15) is 9.59 Å². The number of amides is 1. The van der Waals surface area contributed by atoms with Gasteiger partial charge in [0.25, 0.3) is 17.4 Å². The molecule has 0 aliphatic carbocycles. The van der Waals surface area contributed by atoms with Gasteiger partial charge in [-0.05, 0) is 47.4 Å². The fourth-order valence-corrected chi connectivity index (χ4v) is 5.12.